The van der Waals surface area contributed by atoms with Crippen LogP contribution in [0.4, 0.5) is 0 Å². The Morgan fingerprint density at radius 1 is 1.69 bits per heavy atom. The summed E-state index contributed by atoms with van der Waals surface area (Å²) < 4.78 is 5.60. The fraction of sp³-hybridized carbons (Fsp3) is 0.500. The van der Waals surface area contributed by atoms with E-state index >= 15 is 0 Å². The van der Waals surface area contributed by atoms with Gasteiger partial charge in [0.25, 0.3) is 0 Å². The standard InChI is InChI=1S/C10H14ClNO2S2/c1-2-14-10(13)8(12)6-15-5-7-3-4-9(11)16-7/h3-4,8H,2,5-6,12H2,1H3. The number of ether oxygens (including phenoxy) is 1. The molecule has 1 atom stereocenters. The van der Waals surface area contributed by atoms with Gasteiger partial charge in [-0.2, -0.15) is 11.8 Å². The summed E-state index contributed by atoms with van der Waals surface area (Å²) in [4.78, 5) is 12.4. The second-order valence-electron chi connectivity index (χ2n) is 3.08. The molecule has 0 radical (unpaired) electrons. The molecule has 1 heterocycles. The van der Waals surface area contributed by atoms with Crippen LogP contribution in [-0.2, 0) is 15.3 Å². The molecular formula is C10H14ClNO2S2. The van der Waals surface area contributed by atoms with E-state index in [1.54, 1.807) is 30.0 Å². The maximum absolute atomic E-state index is 11.2. The van der Waals surface area contributed by atoms with Crippen LogP contribution in [0.1, 0.15) is 11.8 Å². The smallest absolute Gasteiger partial charge is 0.323 e. The monoisotopic (exact) mass is 279 g/mol. The van der Waals surface area contributed by atoms with Crippen LogP contribution < -0.4 is 5.73 Å². The van der Waals surface area contributed by atoms with Gasteiger partial charge < -0.3 is 10.5 Å². The van der Waals surface area contributed by atoms with Crippen LogP contribution in [0.15, 0.2) is 12.1 Å². The summed E-state index contributed by atoms with van der Waals surface area (Å²) in [6.45, 7) is 2.14. The molecule has 1 unspecified atom stereocenters. The molecule has 0 spiro atoms. The third-order valence-corrected chi connectivity index (χ3v) is 4.28. The predicted octanol–water partition coefficient (Wildman–Crippen LogP) is 2.53. The van der Waals surface area contributed by atoms with E-state index < -0.39 is 6.04 Å². The molecule has 1 rings (SSSR count). The van der Waals surface area contributed by atoms with Crippen molar-refractivity contribution in [3.05, 3.63) is 21.3 Å². The Morgan fingerprint density at radius 2 is 2.44 bits per heavy atom. The Morgan fingerprint density at radius 3 is 3.00 bits per heavy atom. The average Bonchev–Trinajstić information content (AvgIpc) is 2.64. The molecule has 3 nitrogen and oxygen atoms in total. The van der Waals surface area contributed by atoms with Crippen molar-refractivity contribution in [1.29, 1.82) is 0 Å². The first-order valence-electron chi connectivity index (χ1n) is 4.87. The third-order valence-electron chi connectivity index (χ3n) is 1.76. The highest BCUT2D eigenvalue weighted by atomic mass is 35.5. The van der Waals surface area contributed by atoms with Gasteiger partial charge >= 0.3 is 5.97 Å². The van der Waals surface area contributed by atoms with Gasteiger partial charge in [0.2, 0.25) is 0 Å². The molecule has 0 amide bonds. The minimum atomic E-state index is -0.541. The highest BCUT2D eigenvalue weighted by molar-refractivity contribution is 7.98. The van der Waals surface area contributed by atoms with Gasteiger partial charge in [0.1, 0.15) is 6.04 Å². The second kappa shape index (κ2) is 7.17. The highest BCUT2D eigenvalue weighted by Crippen LogP contribution is 2.25. The largest absolute Gasteiger partial charge is 0.465 e. The van der Waals surface area contributed by atoms with E-state index in [4.69, 9.17) is 22.1 Å². The maximum atomic E-state index is 11.2. The molecule has 1 aromatic heterocycles. The van der Waals surface area contributed by atoms with Gasteiger partial charge in [-0.05, 0) is 19.1 Å². The summed E-state index contributed by atoms with van der Waals surface area (Å²) in [7, 11) is 0. The zero-order valence-electron chi connectivity index (χ0n) is 8.94. The summed E-state index contributed by atoms with van der Waals surface area (Å²) in [5.74, 6) is 1.05. The number of hydrogen-bond acceptors (Lipinski definition) is 5. The van der Waals surface area contributed by atoms with Gasteiger partial charge in [0, 0.05) is 16.4 Å². The molecule has 0 saturated carbocycles. The van der Waals surface area contributed by atoms with Gasteiger partial charge in [0.05, 0.1) is 10.9 Å². The van der Waals surface area contributed by atoms with Crippen LogP contribution in [0.25, 0.3) is 0 Å². The lowest BCUT2D eigenvalue weighted by atomic mass is 10.4. The van der Waals surface area contributed by atoms with E-state index in [9.17, 15) is 4.79 Å². The van der Waals surface area contributed by atoms with Gasteiger partial charge in [0.15, 0.2) is 0 Å². The van der Waals surface area contributed by atoms with Crippen molar-refractivity contribution in [2.24, 2.45) is 5.73 Å². The summed E-state index contributed by atoms with van der Waals surface area (Å²) in [5, 5.41) is 0. The van der Waals surface area contributed by atoms with E-state index in [1.807, 2.05) is 12.1 Å². The number of hydrogen-bond donors (Lipinski definition) is 1. The quantitative estimate of drug-likeness (QED) is 0.813. The van der Waals surface area contributed by atoms with Crippen LogP contribution in [0.3, 0.4) is 0 Å². The van der Waals surface area contributed by atoms with Crippen LogP contribution >= 0.6 is 34.7 Å². The van der Waals surface area contributed by atoms with Gasteiger partial charge in [-0.25, -0.2) is 0 Å². The lowest BCUT2D eigenvalue weighted by molar-refractivity contribution is -0.144. The van der Waals surface area contributed by atoms with Crippen molar-refractivity contribution in [1.82, 2.24) is 0 Å². The lowest BCUT2D eigenvalue weighted by Gasteiger charge is -2.09. The molecule has 0 aliphatic rings. The number of thioether (sulfide) groups is 1. The van der Waals surface area contributed by atoms with E-state index in [1.165, 1.54) is 4.88 Å². The summed E-state index contributed by atoms with van der Waals surface area (Å²) in [6.07, 6.45) is 0. The normalized spacial score (nSPS) is 12.4. The van der Waals surface area contributed by atoms with Crippen molar-refractivity contribution < 1.29 is 9.53 Å². The number of carbonyl (C=O) groups is 1. The van der Waals surface area contributed by atoms with E-state index in [0.29, 0.717) is 12.4 Å². The molecule has 90 valence electrons. The first kappa shape index (κ1) is 13.8. The molecule has 0 fully saturated rings. The van der Waals surface area contributed by atoms with Gasteiger partial charge in [-0.3, -0.25) is 4.79 Å². The Kier molecular flexibility index (Phi) is 6.20. The van der Waals surface area contributed by atoms with Crippen molar-refractivity contribution in [3.63, 3.8) is 0 Å². The molecular weight excluding hydrogens is 266 g/mol. The van der Waals surface area contributed by atoms with Crippen molar-refractivity contribution in [2.45, 2.75) is 18.7 Å². The lowest BCUT2D eigenvalue weighted by Crippen LogP contribution is -2.34. The summed E-state index contributed by atoms with van der Waals surface area (Å²) in [6, 6.07) is 3.31. The van der Waals surface area contributed by atoms with Crippen LogP contribution in [0.5, 0.6) is 0 Å². The predicted molar refractivity (Wildman–Crippen MR) is 70.1 cm³/mol. The Labute approximate surface area is 108 Å². The molecule has 6 heteroatoms. The number of carbonyl (C=O) groups excluding carboxylic acids is 1. The minimum Gasteiger partial charge on any atom is -0.465 e. The van der Waals surface area contributed by atoms with Crippen LogP contribution in [-0.4, -0.2) is 24.4 Å². The van der Waals surface area contributed by atoms with E-state index in [0.717, 1.165) is 10.1 Å². The molecule has 16 heavy (non-hydrogen) atoms. The zero-order valence-corrected chi connectivity index (χ0v) is 11.3. The molecule has 0 aliphatic carbocycles. The first-order chi connectivity index (χ1) is 7.63. The summed E-state index contributed by atoms with van der Waals surface area (Å²) >= 11 is 8.96. The molecule has 0 saturated heterocycles. The van der Waals surface area contributed by atoms with Crippen molar-refractivity contribution in [3.8, 4) is 0 Å². The molecule has 0 aliphatic heterocycles. The number of halogens is 1. The second-order valence-corrected chi connectivity index (χ2v) is 5.91. The number of esters is 1. The number of rotatable bonds is 6. The average molecular weight is 280 g/mol. The first-order valence-corrected chi connectivity index (χ1v) is 7.22. The van der Waals surface area contributed by atoms with Gasteiger partial charge in [-0.15, -0.1) is 11.3 Å². The summed E-state index contributed by atoms with van der Waals surface area (Å²) in [5.41, 5.74) is 5.65. The van der Waals surface area contributed by atoms with Crippen molar-refractivity contribution >= 4 is 40.7 Å². The van der Waals surface area contributed by atoms with Crippen molar-refractivity contribution in [2.75, 3.05) is 12.4 Å². The Hall–Kier alpha value is -0.230. The topological polar surface area (TPSA) is 52.3 Å². The molecule has 2 N–H and O–H groups in total. The SMILES string of the molecule is CCOC(=O)C(N)CSCc1ccc(Cl)s1. The minimum absolute atomic E-state index is 0.334. The zero-order chi connectivity index (χ0) is 12.0. The van der Waals surface area contributed by atoms with E-state index in [-0.39, 0.29) is 5.97 Å². The highest BCUT2D eigenvalue weighted by Gasteiger charge is 2.14. The molecule has 0 aromatic carbocycles. The van der Waals surface area contributed by atoms with Gasteiger partial charge in [-0.1, -0.05) is 11.6 Å². The number of nitrogens with two attached hydrogens (primary N) is 1. The fourth-order valence-electron chi connectivity index (χ4n) is 1.03. The molecule has 0 bridgehead atoms. The number of thiophene rings is 1. The molecule has 1 aromatic rings. The maximum Gasteiger partial charge on any atom is 0.323 e. The van der Waals surface area contributed by atoms with Crippen LogP contribution in [0, 0.1) is 0 Å². The van der Waals surface area contributed by atoms with Crippen LogP contribution in [0.2, 0.25) is 4.34 Å². The third kappa shape index (κ3) is 4.74. The van der Waals surface area contributed by atoms with E-state index in [2.05, 4.69) is 0 Å². The fourth-order valence-corrected chi connectivity index (χ4v) is 3.21. The Balaban J connectivity index is 2.22. The Bertz CT molecular complexity index is 343.